The summed E-state index contributed by atoms with van der Waals surface area (Å²) in [6.07, 6.45) is 18.4. The van der Waals surface area contributed by atoms with E-state index in [1.165, 1.54) is 83.5 Å². The van der Waals surface area contributed by atoms with Crippen LogP contribution in [0, 0.1) is 13.8 Å². The van der Waals surface area contributed by atoms with Crippen molar-refractivity contribution < 1.29 is 9.13 Å². The third kappa shape index (κ3) is 5.52. The number of thiophene rings is 1. The Morgan fingerprint density at radius 2 is 1.65 bits per heavy atom. The predicted molar refractivity (Wildman–Crippen MR) is 213 cm³/mol. The quantitative estimate of drug-likeness (QED) is 0.131. The zero-order valence-corrected chi connectivity index (χ0v) is 31.9. The van der Waals surface area contributed by atoms with Crippen molar-refractivity contribution in [3.05, 3.63) is 132 Å². The summed E-state index contributed by atoms with van der Waals surface area (Å²) in [4.78, 5) is 4.28. The summed E-state index contributed by atoms with van der Waals surface area (Å²) < 4.78 is 10.1. The smallest absolute Gasteiger partial charge is 0.264 e. The Kier molecular flexibility index (Phi) is 8.88. The number of nitrogens with zero attached hydrogens (tertiary/aromatic N) is 4. The van der Waals surface area contributed by atoms with Gasteiger partial charge in [-0.15, -0.1) is 11.3 Å². The molecule has 7 aromatic rings. The number of unbranched alkanes of at least 4 members (excludes halogenated alkanes) is 1. The third-order valence-corrected chi connectivity index (χ3v) is 13.2. The molecule has 0 saturated heterocycles. The van der Waals surface area contributed by atoms with Crippen molar-refractivity contribution in [2.24, 2.45) is 7.05 Å². The van der Waals surface area contributed by atoms with Crippen molar-refractivity contribution in [2.45, 2.75) is 91.0 Å². The molecule has 5 heterocycles. The lowest BCUT2D eigenvalue weighted by atomic mass is 9.68. The first-order valence-corrected chi connectivity index (χ1v) is 19.8. The Labute approximate surface area is 307 Å². The minimum Gasteiger partial charge on any atom is -0.264 e. The van der Waals surface area contributed by atoms with Crippen LogP contribution in [0.2, 0.25) is 0 Å². The van der Waals surface area contributed by atoms with E-state index in [0.717, 1.165) is 37.8 Å². The summed E-state index contributed by atoms with van der Waals surface area (Å²) in [5.74, 6) is 1.56. The number of aromatic nitrogens is 4. The van der Waals surface area contributed by atoms with Crippen molar-refractivity contribution in [3.8, 4) is 28.3 Å². The van der Waals surface area contributed by atoms with Gasteiger partial charge in [0.15, 0.2) is 11.7 Å². The summed E-state index contributed by atoms with van der Waals surface area (Å²) in [6, 6.07) is 27.9. The molecular weight excluding hydrogens is 641 g/mol. The van der Waals surface area contributed by atoms with Crippen LogP contribution in [0.4, 0.5) is 0 Å². The molecule has 0 fully saturated rings. The average Bonchev–Trinajstić information content (AvgIpc) is 3.73. The maximum absolute atomic E-state index is 4.28. The Morgan fingerprint density at radius 3 is 2.43 bits per heavy atom. The van der Waals surface area contributed by atoms with Gasteiger partial charge in [0.05, 0.1) is 24.1 Å². The lowest BCUT2D eigenvalue weighted by Gasteiger charge is -2.40. The van der Waals surface area contributed by atoms with Crippen LogP contribution < -0.4 is 9.13 Å². The van der Waals surface area contributed by atoms with Gasteiger partial charge in [-0.3, -0.25) is 4.98 Å². The highest BCUT2D eigenvalue weighted by molar-refractivity contribution is 7.26. The first-order chi connectivity index (χ1) is 24.9. The Hall–Kier alpha value is -4.61. The summed E-state index contributed by atoms with van der Waals surface area (Å²) >= 11 is 2.01. The number of hydrogen-bond acceptors (Lipinski definition) is 2. The van der Waals surface area contributed by atoms with E-state index in [2.05, 4.69) is 152 Å². The summed E-state index contributed by atoms with van der Waals surface area (Å²) in [6.45, 7) is 11.7. The summed E-state index contributed by atoms with van der Waals surface area (Å²) in [5, 5.41) is 2.79. The Morgan fingerprint density at radius 1 is 0.863 bits per heavy atom. The Bertz CT molecular complexity index is 2380. The molecular formula is C46H50N4S+2. The number of benzene rings is 3. The van der Waals surface area contributed by atoms with Crippen LogP contribution >= 0.6 is 11.3 Å². The molecule has 0 N–H and O–H groups in total. The van der Waals surface area contributed by atoms with Gasteiger partial charge in [0.1, 0.15) is 18.1 Å². The van der Waals surface area contributed by atoms with E-state index in [-0.39, 0.29) is 5.54 Å². The van der Waals surface area contributed by atoms with E-state index in [4.69, 9.17) is 0 Å². The van der Waals surface area contributed by atoms with Crippen LogP contribution in [0.5, 0.6) is 0 Å². The van der Waals surface area contributed by atoms with Crippen LogP contribution in [0.1, 0.15) is 86.6 Å². The largest absolute Gasteiger partial charge is 0.294 e. The molecule has 1 atom stereocenters. The molecule has 4 aromatic heterocycles. The van der Waals surface area contributed by atoms with E-state index in [1.54, 1.807) is 0 Å². The molecule has 0 bridgehead atoms. The first kappa shape index (κ1) is 33.5. The lowest BCUT2D eigenvalue weighted by Crippen LogP contribution is -2.62. The van der Waals surface area contributed by atoms with Gasteiger partial charge in [0, 0.05) is 69.2 Å². The number of rotatable bonds is 10. The van der Waals surface area contributed by atoms with Crippen molar-refractivity contribution in [1.29, 1.82) is 0 Å². The minimum atomic E-state index is -0.0185. The fraction of sp³-hybridized carbons (Fsp3) is 0.326. The molecule has 258 valence electrons. The molecule has 51 heavy (non-hydrogen) atoms. The molecule has 0 amide bonds. The van der Waals surface area contributed by atoms with E-state index in [9.17, 15) is 0 Å². The first-order valence-electron chi connectivity index (χ1n) is 19.0. The zero-order valence-electron chi connectivity index (χ0n) is 31.0. The van der Waals surface area contributed by atoms with Crippen LogP contribution in [0.25, 0.3) is 48.5 Å². The van der Waals surface area contributed by atoms with Crippen LogP contribution in [0.15, 0.2) is 104 Å². The SMILES string of the molecule is CCCCc1ccc2c(c1)sc1c3c(ccc12)C(CCc1ccccc1-c1n(-c2ccncc2)cc[n+]1C)C(CC)(CC)[n+]1cc(C)c(C)cc1-3. The third-order valence-electron chi connectivity index (χ3n) is 12.0. The van der Waals surface area contributed by atoms with Crippen molar-refractivity contribution >= 4 is 31.5 Å². The van der Waals surface area contributed by atoms with Crippen LogP contribution in [0.3, 0.4) is 0 Å². The van der Waals surface area contributed by atoms with Gasteiger partial charge in [-0.1, -0.05) is 69.7 Å². The lowest BCUT2D eigenvalue weighted by molar-refractivity contribution is -0.763. The molecule has 1 unspecified atom stereocenters. The molecule has 3 aromatic carbocycles. The van der Waals surface area contributed by atoms with Crippen molar-refractivity contribution in [2.75, 3.05) is 0 Å². The molecule has 1 aliphatic heterocycles. The van der Waals surface area contributed by atoms with E-state index in [1.807, 2.05) is 23.7 Å². The van der Waals surface area contributed by atoms with Gasteiger partial charge in [0.25, 0.3) is 5.82 Å². The second-order valence-corrected chi connectivity index (χ2v) is 15.8. The zero-order chi connectivity index (χ0) is 35.3. The van der Waals surface area contributed by atoms with Crippen LogP contribution in [-0.4, -0.2) is 9.55 Å². The van der Waals surface area contributed by atoms with Gasteiger partial charge >= 0.3 is 0 Å². The maximum Gasteiger partial charge on any atom is 0.294 e. The van der Waals surface area contributed by atoms with E-state index < -0.39 is 0 Å². The maximum atomic E-state index is 4.28. The molecule has 0 saturated carbocycles. The van der Waals surface area contributed by atoms with Crippen LogP contribution in [-0.2, 0) is 25.4 Å². The topological polar surface area (TPSA) is 25.6 Å². The predicted octanol–water partition coefficient (Wildman–Crippen LogP) is 10.9. The van der Waals surface area contributed by atoms with E-state index >= 15 is 0 Å². The highest BCUT2D eigenvalue weighted by Gasteiger charge is 2.51. The van der Waals surface area contributed by atoms with Gasteiger partial charge in [-0.05, 0) is 73.9 Å². The fourth-order valence-corrected chi connectivity index (χ4v) is 10.4. The number of pyridine rings is 2. The minimum absolute atomic E-state index is 0.0185. The van der Waals surface area contributed by atoms with Gasteiger partial charge in [-0.2, -0.15) is 9.13 Å². The van der Waals surface area contributed by atoms with Crippen molar-refractivity contribution in [3.63, 3.8) is 0 Å². The molecule has 4 nitrogen and oxygen atoms in total. The highest BCUT2D eigenvalue weighted by Crippen LogP contribution is 2.52. The molecule has 0 spiro atoms. The molecule has 0 radical (unpaired) electrons. The second-order valence-electron chi connectivity index (χ2n) is 14.7. The second kappa shape index (κ2) is 13.5. The molecule has 1 aliphatic rings. The molecule has 5 heteroatoms. The van der Waals surface area contributed by atoms with Gasteiger partial charge < -0.3 is 0 Å². The average molecular weight is 691 g/mol. The normalized spacial score (nSPS) is 15.0. The molecule has 0 aliphatic carbocycles. The molecule has 8 rings (SSSR count). The Balaban J connectivity index is 1.28. The summed E-state index contributed by atoms with van der Waals surface area (Å²) in [5.41, 5.74) is 12.3. The highest BCUT2D eigenvalue weighted by atomic mass is 32.1. The monoisotopic (exact) mass is 690 g/mol. The number of hydrogen-bond donors (Lipinski definition) is 0. The van der Waals surface area contributed by atoms with Crippen molar-refractivity contribution in [1.82, 2.24) is 9.55 Å². The number of fused-ring (bicyclic) bond motifs is 7. The van der Waals surface area contributed by atoms with Gasteiger partial charge in [-0.25, -0.2) is 4.57 Å². The standard InChI is InChI=1S/C46H50N4S/c1-7-10-13-33-16-18-37-38-19-20-39-40(21-17-34-14-11-12-15-36(34)45-48(6)26-27-49(45)35-22-24-47-25-23-35)46(8-2,9-3)50-30-32(5)31(4)28-41(50)43(39)44(38)51-42(37)29-33/h11-12,14-16,18-20,22-30,40H,7-10,13,17,21H2,1-6H3/q+2. The van der Waals surface area contributed by atoms with E-state index in [0.29, 0.717) is 5.92 Å². The fourth-order valence-electron chi connectivity index (χ4n) is 9.04. The van der Waals surface area contributed by atoms with Gasteiger partial charge in [0.2, 0.25) is 5.69 Å². The summed E-state index contributed by atoms with van der Waals surface area (Å²) in [7, 11) is 2.15. The number of imidazole rings is 1. The number of aryl methyl sites for hydroxylation is 5.